The maximum Gasteiger partial charge on any atom is 0.0723 e. The van der Waals surface area contributed by atoms with E-state index in [1.165, 1.54) is 57.8 Å². The third-order valence-corrected chi connectivity index (χ3v) is 4.64. The van der Waals surface area contributed by atoms with Crippen LogP contribution in [0.2, 0.25) is 0 Å². The van der Waals surface area contributed by atoms with E-state index in [1.807, 2.05) is 12.2 Å². The molecule has 0 unspecified atom stereocenters. The fraction of sp³-hybridized carbons (Fsp3) is 0.800. The van der Waals surface area contributed by atoms with Crippen molar-refractivity contribution in [2.45, 2.75) is 90.6 Å². The molecular weight excluding hydrogens is 256 g/mol. The lowest BCUT2D eigenvalue weighted by atomic mass is 10.1. The van der Waals surface area contributed by atoms with Crippen LogP contribution in [0.1, 0.15) is 84.5 Å². The Morgan fingerprint density at radius 1 is 0.952 bits per heavy atom. The number of allylic oxidation sites excluding steroid dienone is 3. The lowest BCUT2D eigenvalue weighted by Crippen LogP contribution is -2.00. The quantitative estimate of drug-likeness (QED) is 0.324. The van der Waals surface area contributed by atoms with Crippen LogP contribution in [-0.4, -0.2) is 11.2 Å². The Bertz CT molecular complexity index is 292. The van der Waals surface area contributed by atoms with Crippen molar-refractivity contribution in [3.63, 3.8) is 0 Å². The van der Waals surface area contributed by atoms with E-state index in [0.29, 0.717) is 0 Å². The van der Waals surface area contributed by atoms with E-state index < -0.39 is 0 Å². The molecule has 0 bridgehead atoms. The SMILES string of the molecule is CCCCC[C@@H]1C[C@H]1CC/C=C\C=C\[C@@H](O)CCCCC. The van der Waals surface area contributed by atoms with Crippen LogP contribution in [0.15, 0.2) is 24.3 Å². The summed E-state index contributed by atoms with van der Waals surface area (Å²) in [6, 6.07) is 0. The van der Waals surface area contributed by atoms with Crippen LogP contribution < -0.4 is 0 Å². The number of hydrogen-bond donors (Lipinski definition) is 1. The summed E-state index contributed by atoms with van der Waals surface area (Å²) >= 11 is 0. The van der Waals surface area contributed by atoms with Gasteiger partial charge in [0.1, 0.15) is 0 Å². The van der Waals surface area contributed by atoms with Crippen molar-refractivity contribution in [2.24, 2.45) is 11.8 Å². The second kappa shape index (κ2) is 12.0. The summed E-state index contributed by atoms with van der Waals surface area (Å²) in [5.41, 5.74) is 0. The highest BCUT2D eigenvalue weighted by atomic mass is 16.3. The minimum Gasteiger partial charge on any atom is -0.389 e. The molecule has 1 nitrogen and oxygen atoms in total. The monoisotopic (exact) mass is 292 g/mol. The van der Waals surface area contributed by atoms with Gasteiger partial charge in [0.2, 0.25) is 0 Å². The van der Waals surface area contributed by atoms with E-state index >= 15 is 0 Å². The van der Waals surface area contributed by atoms with Crippen molar-refractivity contribution in [3.05, 3.63) is 24.3 Å². The van der Waals surface area contributed by atoms with Crippen molar-refractivity contribution in [3.8, 4) is 0 Å². The first-order valence-electron chi connectivity index (χ1n) is 9.29. The molecule has 0 radical (unpaired) electrons. The largest absolute Gasteiger partial charge is 0.389 e. The second-order valence-electron chi connectivity index (χ2n) is 6.71. The highest BCUT2D eigenvalue weighted by Gasteiger charge is 2.34. The molecule has 0 spiro atoms. The fourth-order valence-corrected chi connectivity index (χ4v) is 3.05. The number of aliphatic hydroxyl groups excluding tert-OH is 1. The van der Waals surface area contributed by atoms with E-state index in [2.05, 4.69) is 26.0 Å². The van der Waals surface area contributed by atoms with Crippen LogP contribution in [0.5, 0.6) is 0 Å². The molecule has 1 saturated carbocycles. The van der Waals surface area contributed by atoms with Gasteiger partial charge in [-0.15, -0.1) is 0 Å². The van der Waals surface area contributed by atoms with Gasteiger partial charge in [0.15, 0.2) is 0 Å². The fourth-order valence-electron chi connectivity index (χ4n) is 3.05. The summed E-state index contributed by atoms with van der Waals surface area (Å²) in [5.74, 6) is 2.05. The van der Waals surface area contributed by atoms with Crippen molar-refractivity contribution in [2.75, 3.05) is 0 Å². The summed E-state index contributed by atoms with van der Waals surface area (Å²) in [6.45, 7) is 4.47. The van der Waals surface area contributed by atoms with E-state index in [9.17, 15) is 5.11 Å². The standard InChI is InChI=1S/C20H36O/c1-3-5-9-13-18-17-19(18)14-11-7-8-12-16-20(21)15-10-6-4-2/h7-8,12,16,18-21H,3-6,9-11,13-15,17H2,1-2H3/b8-7-,16-12+/t18-,19-,20+/m1/s1. The molecule has 0 heterocycles. The Morgan fingerprint density at radius 2 is 1.67 bits per heavy atom. The molecule has 1 rings (SSSR count). The normalized spacial score (nSPS) is 23.2. The number of unbranched alkanes of at least 4 members (excludes halogenated alkanes) is 4. The van der Waals surface area contributed by atoms with Gasteiger partial charge in [-0.05, 0) is 37.5 Å². The highest BCUT2D eigenvalue weighted by Crippen LogP contribution is 2.45. The average molecular weight is 293 g/mol. The zero-order valence-electron chi connectivity index (χ0n) is 14.3. The van der Waals surface area contributed by atoms with Crippen LogP contribution in [0.4, 0.5) is 0 Å². The minimum absolute atomic E-state index is 0.257. The lowest BCUT2D eigenvalue weighted by molar-refractivity contribution is 0.208. The zero-order valence-corrected chi connectivity index (χ0v) is 14.3. The van der Waals surface area contributed by atoms with E-state index in [4.69, 9.17) is 0 Å². The van der Waals surface area contributed by atoms with Gasteiger partial charge < -0.3 is 5.11 Å². The predicted octanol–water partition coefficient (Wildman–Crippen LogP) is 6.04. The first-order valence-corrected chi connectivity index (χ1v) is 9.29. The Hall–Kier alpha value is -0.560. The molecule has 3 atom stereocenters. The third kappa shape index (κ3) is 9.90. The van der Waals surface area contributed by atoms with Gasteiger partial charge >= 0.3 is 0 Å². The lowest BCUT2D eigenvalue weighted by Gasteiger charge is -2.03. The van der Waals surface area contributed by atoms with Crippen LogP contribution in [0.25, 0.3) is 0 Å². The van der Waals surface area contributed by atoms with Crippen LogP contribution in [-0.2, 0) is 0 Å². The van der Waals surface area contributed by atoms with Crippen molar-refractivity contribution in [1.29, 1.82) is 0 Å². The highest BCUT2D eigenvalue weighted by molar-refractivity contribution is 5.05. The van der Waals surface area contributed by atoms with Crippen molar-refractivity contribution < 1.29 is 5.11 Å². The smallest absolute Gasteiger partial charge is 0.0723 e. The molecule has 1 fully saturated rings. The number of rotatable bonds is 13. The predicted molar refractivity (Wildman–Crippen MR) is 93.4 cm³/mol. The summed E-state index contributed by atoms with van der Waals surface area (Å²) in [5, 5.41) is 9.75. The van der Waals surface area contributed by atoms with Crippen LogP contribution in [0, 0.1) is 11.8 Å². The van der Waals surface area contributed by atoms with Gasteiger partial charge in [-0.2, -0.15) is 0 Å². The molecule has 1 N–H and O–H groups in total. The van der Waals surface area contributed by atoms with Crippen LogP contribution in [0.3, 0.4) is 0 Å². The molecule has 122 valence electrons. The molecule has 1 aliphatic carbocycles. The van der Waals surface area contributed by atoms with Gasteiger partial charge in [0.25, 0.3) is 0 Å². The van der Waals surface area contributed by atoms with Crippen LogP contribution >= 0.6 is 0 Å². The third-order valence-electron chi connectivity index (χ3n) is 4.64. The first kappa shape index (κ1) is 18.5. The topological polar surface area (TPSA) is 20.2 Å². The Balaban J connectivity index is 1.95. The maximum absolute atomic E-state index is 9.75. The molecule has 1 heteroatoms. The Labute approximate surface area is 132 Å². The second-order valence-corrected chi connectivity index (χ2v) is 6.71. The molecular formula is C20H36O. The summed E-state index contributed by atoms with van der Waals surface area (Å²) < 4.78 is 0. The van der Waals surface area contributed by atoms with Gasteiger partial charge in [-0.25, -0.2) is 0 Å². The average Bonchev–Trinajstić information content (AvgIpc) is 3.22. The van der Waals surface area contributed by atoms with Gasteiger partial charge in [-0.1, -0.05) is 83.1 Å². The Kier molecular flexibility index (Phi) is 10.6. The minimum atomic E-state index is -0.257. The summed E-state index contributed by atoms with van der Waals surface area (Å²) in [7, 11) is 0. The van der Waals surface area contributed by atoms with Gasteiger partial charge in [0, 0.05) is 0 Å². The molecule has 0 aromatic heterocycles. The van der Waals surface area contributed by atoms with E-state index in [0.717, 1.165) is 24.7 Å². The molecule has 0 amide bonds. The number of aliphatic hydroxyl groups is 1. The summed E-state index contributed by atoms with van der Waals surface area (Å²) in [4.78, 5) is 0. The van der Waals surface area contributed by atoms with Gasteiger partial charge in [0.05, 0.1) is 6.10 Å². The number of hydrogen-bond acceptors (Lipinski definition) is 1. The van der Waals surface area contributed by atoms with Crippen molar-refractivity contribution >= 4 is 0 Å². The molecule has 0 aliphatic heterocycles. The first-order chi connectivity index (χ1) is 10.3. The summed E-state index contributed by atoms with van der Waals surface area (Å²) in [6.07, 6.45) is 22.2. The molecule has 21 heavy (non-hydrogen) atoms. The molecule has 1 aliphatic rings. The van der Waals surface area contributed by atoms with E-state index in [-0.39, 0.29) is 6.10 Å². The van der Waals surface area contributed by atoms with Gasteiger partial charge in [-0.3, -0.25) is 0 Å². The van der Waals surface area contributed by atoms with E-state index in [1.54, 1.807) is 0 Å². The molecule has 0 aromatic carbocycles. The zero-order chi connectivity index (χ0) is 15.3. The maximum atomic E-state index is 9.75. The molecule has 0 saturated heterocycles. The Morgan fingerprint density at radius 3 is 2.43 bits per heavy atom. The molecule has 0 aromatic rings. The van der Waals surface area contributed by atoms with Crippen molar-refractivity contribution in [1.82, 2.24) is 0 Å².